The normalized spacial score (nSPS) is 26.2. The molecule has 0 aliphatic carbocycles. The van der Waals surface area contributed by atoms with Gasteiger partial charge in [0.2, 0.25) is 5.91 Å². The third kappa shape index (κ3) is 3.16. The van der Waals surface area contributed by atoms with E-state index in [4.69, 9.17) is 0 Å². The number of carbonyl (C=O) groups excluding carboxylic acids is 1. The minimum atomic E-state index is -0.294. The Hall–Kier alpha value is -1.46. The number of hydrogen-bond acceptors (Lipinski definition) is 3. The molecule has 2 fully saturated rings. The van der Waals surface area contributed by atoms with Crippen molar-refractivity contribution in [3.05, 3.63) is 30.1 Å². The number of anilines is 1. The van der Waals surface area contributed by atoms with Gasteiger partial charge in [-0.05, 0) is 49.6 Å². The highest BCUT2D eigenvalue weighted by atomic mass is 19.1. The number of carbonyl (C=O) groups is 1. The largest absolute Gasteiger partial charge is 0.325 e. The number of rotatable bonds is 3. The number of likely N-dealkylation sites (tertiary alicyclic amines) is 1. The molecule has 0 saturated carbocycles. The van der Waals surface area contributed by atoms with E-state index in [1.54, 1.807) is 12.1 Å². The maximum absolute atomic E-state index is 12.8. The summed E-state index contributed by atoms with van der Waals surface area (Å²) in [6.07, 6.45) is 2.49. The fourth-order valence-corrected chi connectivity index (χ4v) is 3.20. The molecule has 0 bridgehead atoms. The van der Waals surface area contributed by atoms with E-state index in [1.807, 2.05) is 0 Å². The molecule has 5 heteroatoms. The van der Waals surface area contributed by atoms with Crippen LogP contribution in [0.15, 0.2) is 24.3 Å². The molecule has 4 nitrogen and oxygen atoms in total. The fraction of sp³-hybridized carbons (Fsp3) is 0.533. The smallest absolute Gasteiger partial charge is 0.238 e. The summed E-state index contributed by atoms with van der Waals surface area (Å²) in [6, 6.07) is 6.41. The number of nitrogens with zero attached hydrogens (tertiary/aromatic N) is 1. The molecular weight excluding hydrogens is 257 g/mol. The second kappa shape index (κ2) is 5.89. The van der Waals surface area contributed by atoms with Gasteiger partial charge >= 0.3 is 0 Å². The molecular formula is C15H20FN3O. The van der Waals surface area contributed by atoms with Gasteiger partial charge < -0.3 is 10.6 Å². The van der Waals surface area contributed by atoms with Gasteiger partial charge in [0.15, 0.2) is 0 Å². The van der Waals surface area contributed by atoms with Crippen LogP contribution in [-0.2, 0) is 4.79 Å². The zero-order valence-electron chi connectivity index (χ0n) is 11.4. The third-order valence-corrected chi connectivity index (χ3v) is 4.17. The van der Waals surface area contributed by atoms with Gasteiger partial charge in [0.05, 0.1) is 6.54 Å². The Labute approximate surface area is 118 Å². The van der Waals surface area contributed by atoms with Crippen LogP contribution < -0.4 is 10.6 Å². The molecule has 3 rings (SSSR count). The topological polar surface area (TPSA) is 44.4 Å². The van der Waals surface area contributed by atoms with Gasteiger partial charge in [0, 0.05) is 24.8 Å². The zero-order valence-corrected chi connectivity index (χ0v) is 11.4. The molecule has 108 valence electrons. The SMILES string of the molecule is O=C(CN1CC2CCCNC2C1)Nc1ccc(F)cc1. The minimum Gasteiger partial charge on any atom is -0.325 e. The van der Waals surface area contributed by atoms with E-state index in [0.29, 0.717) is 24.2 Å². The monoisotopic (exact) mass is 277 g/mol. The maximum Gasteiger partial charge on any atom is 0.238 e. The first-order valence-corrected chi connectivity index (χ1v) is 7.22. The van der Waals surface area contributed by atoms with Crippen molar-refractivity contribution in [1.82, 2.24) is 10.2 Å². The molecule has 1 aromatic rings. The van der Waals surface area contributed by atoms with Crippen molar-refractivity contribution in [3.8, 4) is 0 Å². The molecule has 2 saturated heterocycles. The average Bonchev–Trinajstić information content (AvgIpc) is 2.83. The van der Waals surface area contributed by atoms with Gasteiger partial charge in [-0.2, -0.15) is 0 Å². The quantitative estimate of drug-likeness (QED) is 0.879. The highest BCUT2D eigenvalue weighted by molar-refractivity contribution is 5.92. The molecule has 0 aromatic heterocycles. The van der Waals surface area contributed by atoms with Gasteiger partial charge in [-0.3, -0.25) is 9.69 Å². The van der Waals surface area contributed by atoms with Crippen LogP contribution in [-0.4, -0.2) is 43.0 Å². The lowest BCUT2D eigenvalue weighted by Gasteiger charge is -2.24. The van der Waals surface area contributed by atoms with Gasteiger partial charge in [-0.1, -0.05) is 0 Å². The van der Waals surface area contributed by atoms with Crippen LogP contribution in [0.2, 0.25) is 0 Å². The third-order valence-electron chi connectivity index (χ3n) is 4.17. The summed E-state index contributed by atoms with van der Waals surface area (Å²) >= 11 is 0. The molecule has 2 N–H and O–H groups in total. The second-order valence-electron chi connectivity index (χ2n) is 5.71. The van der Waals surface area contributed by atoms with Gasteiger partial charge in [-0.25, -0.2) is 4.39 Å². The zero-order chi connectivity index (χ0) is 13.9. The van der Waals surface area contributed by atoms with Crippen LogP contribution in [0.5, 0.6) is 0 Å². The number of halogens is 1. The van der Waals surface area contributed by atoms with E-state index >= 15 is 0 Å². The summed E-state index contributed by atoms with van der Waals surface area (Å²) in [7, 11) is 0. The van der Waals surface area contributed by atoms with Crippen molar-refractivity contribution >= 4 is 11.6 Å². The van der Waals surface area contributed by atoms with Crippen molar-refractivity contribution < 1.29 is 9.18 Å². The predicted octanol–water partition coefficient (Wildman–Crippen LogP) is 1.45. The van der Waals surface area contributed by atoms with Crippen LogP contribution >= 0.6 is 0 Å². The molecule has 2 unspecified atom stereocenters. The first kappa shape index (κ1) is 13.5. The lowest BCUT2D eigenvalue weighted by atomic mass is 9.94. The standard InChI is InChI=1S/C15H20FN3O/c16-12-3-5-13(6-4-12)18-15(20)10-19-8-11-2-1-7-17-14(11)9-19/h3-6,11,14,17H,1-2,7-10H2,(H,18,20). The lowest BCUT2D eigenvalue weighted by molar-refractivity contribution is -0.117. The molecule has 0 spiro atoms. The van der Waals surface area contributed by atoms with Crippen molar-refractivity contribution in [2.45, 2.75) is 18.9 Å². The summed E-state index contributed by atoms with van der Waals surface area (Å²) in [5.74, 6) is 0.357. The van der Waals surface area contributed by atoms with Gasteiger partial charge in [0.1, 0.15) is 5.82 Å². The van der Waals surface area contributed by atoms with E-state index in [2.05, 4.69) is 15.5 Å². The Balaban J connectivity index is 1.50. The molecule has 2 aliphatic rings. The van der Waals surface area contributed by atoms with Crippen LogP contribution in [0.25, 0.3) is 0 Å². The average molecular weight is 277 g/mol. The molecule has 0 radical (unpaired) electrons. The van der Waals surface area contributed by atoms with E-state index < -0.39 is 0 Å². The Morgan fingerprint density at radius 2 is 2.15 bits per heavy atom. The van der Waals surface area contributed by atoms with Crippen molar-refractivity contribution in [3.63, 3.8) is 0 Å². The second-order valence-corrected chi connectivity index (χ2v) is 5.71. The summed E-state index contributed by atoms with van der Waals surface area (Å²) in [5.41, 5.74) is 0.645. The number of piperidine rings is 1. The van der Waals surface area contributed by atoms with E-state index in [0.717, 1.165) is 19.6 Å². The van der Waals surface area contributed by atoms with Crippen LogP contribution in [0.3, 0.4) is 0 Å². The van der Waals surface area contributed by atoms with E-state index in [1.165, 1.54) is 25.0 Å². The number of nitrogens with one attached hydrogen (secondary N) is 2. The molecule has 2 aliphatic heterocycles. The molecule has 2 atom stereocenters. The van der Waals surface area contributed by atoms with Gasteiger partial charge in [-0.15, -0.1) is 0 Å². The number of fused-ring (bicyclic) bond motifs is 1. The summed E-state index contributed by atoms with van der Waals surface area (Å²) in [5, 5.41) is 6.33. The fourth-order valence-electron chi connectivity index (χ4n) is 3.20. The summed E-state index contributed by atoms with van der Waals surface area (Å²) in [6.45, 7) is 3.44. The number of amides is 1. The van der Waals surface area contributed by atoms with Crippen molar-refractivity contribution in [2.24, 2.45) is 5.92 Å². The first-order valence-electron chi connectivity index (χ1n) is 7.22. The van der Waals surface area contributed by atoms with E-state index in [-0.39, 0.29) is 11.7 Å². The predicted molar refractivity (Wildman–Crippen MR) is 76.0 cm³/mol. The highest BCUT2D eigenvalue weighted by Crippen LogP contribution is 2.24. The Bertz CT molecular complexity index is 463. The Kier molecular flexibility index (Phi) is 3.98. The number of hydrogen-bond donors (Lipinski definition) is 2. The van der Waals surface area contributed by atoms with Crippen LogP contribution in [0.1, 0.15) is 12.8 Å². The van der Waals surface area contributed by atoms with Crippen molar-refractivity contribution in [2.75, 3.05) is 31.5 Å². The van der Waals surface area contributed by atoms with Gasteiger partial charge in [0.25, 0.3) is 0 Å². The highest BCUT2D eigenvalue weighted by Gasteiger charge is 2.34. The van der Waals surface area contributed by atoms with Crippen LogP contribution in [0.4, 0.5) is 10.1 Å². The lowest BCUT2D eigenvalue weighted by Crippen LogP contribution is -2.41. The summed E-state index contributed by atoms with van der Waals surface area (Å²) < 4.78 is 12.8. The molecule has 2 heterocycles. The molecule has 1 aromatic carbocycles. The number of benzene rings is 1. The Morgan fingerprint density at radius 1 is 1.35 bits per heavy atom. The van der Waals surface area contributed by atoms with Crippen LogP contribution in [0, 0.1) is 11.7 Å². The van der Waals surface area contributed by atoms with Crippen molar-refractivity contribution in [1.29, 1.82) is 0 Å². The first-order chi connectivity index (χ1) is 9.70. The summed E-state index contributed by atoms with van der Waals surface area (Å²) in [4.78, 5) is 14.2. The van der Waals surface area contributed by atoms with E-state index in [9.17, 15) is 9.18 Å². The Morgan fingerprint density at radius 3 is 2.90 bits per heavy atom. The molecule has 20 heavy (non-hydrogen) atoms. The maximum atomic E-state index is 12.8. The molecule has 1 amide bonds. The minimum absolute atomic E-state index is 0.0322.